The number of hydrogen-bond donors (Lipinski definition) is 0. The lowest BCUT2D eigenvalue weighted by Crippen LogP contribution is -2.28. The molecule has 0 unspecified atom stereocenters. The van der Waals surface area contributed by atoms with Crippen molar-refractivity contribution in [2.75, 3.05) is 19.6 Å². The first kappa shape index (κ1) is 19.0. The molecule has 116 valence electrons. The summed E-state index contributed by atoms with van der Waals surface area (Å²) in [4.78, 5) is 2.71. The van der Waals surface area contributed by atoms with Crippen molar-refractivity contribution in [3.8, 4) is 0 Å². The van der Waals surface area contributed by atoms with Crippen molar-refractivity contribution >= 4 is 0 Å². The molecule has 0 N–H and O–H groups in total. The van der Waals surface area contributed by atoms with Gasteiger partial charge in [0.25, 0.3) is 0 Å². The normalized spacial score (nSPS) is 12.0. The maximum atomic E-state index is 2.71. The molecule has 0 spiro atoms. The Morgan fingerprint density at radius 2 is 1.11 bits per heavy atom. The maximum absolute atomic E-state index is 2.71. The summed E-state index contributed by atoms with van der Waals surface area (Å²) in [5.41, 5.74) is 0. The summed E-state index contributed by atoms with van der Waals surface area (Å²) < 4.78 is 0. The van der Waals surface area contributed by atoms with Crippen LogP contribution in [0.3, 0.4) is 0 Å². The Labute approximate surface area is 123 Å². The number of unbranched alkanes of at least 4 members (excludes halogenated alkanes) is 5. The molecule has 0 amide bonds. The van der Waals surface area contributed by atoms with Gasteiger partial charge in [0, 0.05) is 0 Å². The van der Waals surface area contributed by atoms with Crippen LogP contribution in [0, 0.1) is 11.8 Å². The van der Waals surface area contributed by atoms with Gasteiger partial charge in [-0.05, 0) is 50.7 Å². The van der Waals surface area contributed by atoms with Gasteiger partial charge in [0.2, 0.25) is 0 Å². The van der Waals surface area contributed by atoms with Crippen molar-refractivity contribution in [2.45, 2.75) is 86.0 Å². The minimum absolute atomic E-state index is 0.839. The Morgan fingerprint density at radius 1 is 0.632 bits per heavy atom. The highest BCUT2D eigenvalue weighted by molar-refractivity contribution is 4.61. The third kappa shape index (κ3) is 14.2. The van der Waals surface area contributed by atoms with E-state index in [1.807, 2.05) is 0 Å². The van der Waals surface area contributed by atoms with Crippen LogP contribution < -0.4 is 0 Å². The van der Waals surface area contributed by atoms with Crippen molar-refractivity contribution in [2.24, 2.45) is 11.8 Å². The smallest absolute Gasteiger partial charge is 0.00163 e. The monoisotopic (exact) mass is 269 g/mol. The van der Waals surface area contributed by atoms with Gasteiger partial charge in [-0.1, -0.05) is 66.7 Å². The molecule has 0 radical (unpaired) electrons. The second-order valence-electron chi connectivity index (χ2n) is 6.97. The summed E-state index contributed by atoms with van der Waals surface area (Å²) >= 11 is 0. The highest BCUT2D eigenvalue weighted by atomic mass is 15.1. The molecule has 0 fully saturated rings. The molecule has 0 saturated heterocycles. The quantitative estimate of drug-likeness (QED) is 0.385. The summed E-state index contributed by atoms with van der Waals surface area (Å²) in [6, 6.07) is 0. The Hall–Kier alpha value is -0.0400. The van der Waals surface area contributed by atoms with Crippen LogP contribution in [0.15, 0.2) is 0 Å². The Bertz CT molecular complexity index is 163. The minimum Gasteiger partial charge on any atom is -0.303 e. The summed E-state index contributed by atoms with van der Waals surface area (Å²) in [5.74, 6) is 1.68. The summed E-state index contributed by atoms with van der Waals surface area (Å²) in [7, 11) is 0. The molecular weight excluding hydrogens is 230 g/mol. The molecule has 1 nitrogen and oxygen atoms in total. The second-order valence-corrected chi connectivity index (χ2v) is 6.97. The average molecular weight is 270 g/mol. The first-order valence-electron chi connectivity index (χ1n) is 8.78. The van der Waals surface area contributed by atoms with Gasteiger partial charge in [-0.2, -0.15) is 0 Å². The van der Waals surface area contributed by atoms with Gasteiger partial charge >= 0.3 is 0 Å². The van der Waals surface area contributed by atoms with Gasteiger partial charge in [0.15, 0.2) is 0 Å². The summed E-state index contributed by atoms with van der Waals surface area (Å²) in [6.07, 6.45) is 11.2. The van der Waals surface area contributed by atoms with Crippen molar-refractivity contribution in [1.29, 1.82) is 0 Å². The van der Waals surface area contributed by atoms with Gasteiger partial charge < -0.3 is 4.90 Å². The van der Waals surface area contributed by atoms with E-state index in [0.717, 1.165) is 11.8 Å². The first-order valence-corrected chi connectivity index (χ1v) is 8.78. The maximum Gasteiger partial charge on any atom is -0.00163 e. The van der Waals surface area contributed by atoms with Gasteiger partial charge in [-0.15, -0.1) is 0 Å². The van der Waals surface area contributed by atoms with Gasteiger partial charge in [0.1, 0.15) is 0 Å². The zero-order chi connectivity index (χ0) is 14.5. The van der Waals surface area contributed by atoms with Crippen LogP contribution in [0.2, 0.25) is 0 Å². The van der Waals surface area contributed by atoms with Gasteiger partial charge in [-0.3, -0.25) is 0 Å². The van der Waals surface area contributed by atoms with Crippen LogP contribution in [0.5, 0.6) is 0 Å². The predicted octanol–water partition coefficient (Wildman–Crippen LogP) is 5.74. The van der Waals surface area contributed by atoms with Crippen LogP contribution in [0.4, 0.5) is 0 Å². The molecular formula is C18H39N. The fraction of sp³-hybridized carbons (Fsp3) is 1.00. The van der Waals surface area contributed by atoms with E-state index in [1.54, 1.807) is 0 Å². The van der Waals surface area contributed by atoms with E-state index < -0.39 is 0 Å². The Kier molecular flexibility index (Phi) is 12.9. The highest BCUT2D eigenvalue weighted by Crippen LogP contribution is 2.10. The SMILES string of the molecule is CCCCCCCCN(CCC(C)C)CCC(C)C. The topological polar surface area (TPSA) is 3.24 Å². The molecule has 0 saturated carbocycles. The molecule has 19 heavy (non-hydrogen) atoms. The lowest BCUT2D eigenvalue weighted by atomic mass is 10.1. The third-order valence-corrected chi connectivity index (χ3v) is 3.87. The van der Waals surface area contributed by atoms with E-state index in [2.05, 4.69) is 39.5 Å². The van der Waals surface area contributed by atoms with Crippen LogP contribution in [0.1, 0.15) is 86.0 Å². The van der Waals surface area contributed by atoms with Crippen molar-refractivity contribution in [3.05, 3.63) is 0 Å². The van der Waals surface area contributed by atoms with Gasteiger partial charge in [-0.25, -0.2) is 0 Å². The summed E-state index contributed by atoms with van der Waals surface area (Å²) in [5, 5.41) is 0. The number of nitrogens with zero attached hydrogens (tertiary/aromatic N) is 1. The molecule has 0 bridgehead atoms. The molecule has 0 aromatic carbocycles. The molecule has 0 heterocycles. The molecule has 0 aliphatic heterocycles. The molecule has 1 heteroatoms. The molecule has 0 atom stereocenters. The fourth-order valence-electron chi connectivity index (χ4n) is 2.33. The largest absolute Gasteiger partial charge is 0.303 e. The fourth-order valence-corrected chi connectivity index (χ4v) is 2.33. The minimum atomic E-state index is 0.839. The van der Waals surface area contributed by atoms with Crippen LogP contribution >= 0.6 is 0 Å². The molecule has 0 aromatic rings. The lowest BCUT2D eigenvalue weighted by molar-refractivity contribution is 0.238. The molecule has 0 rings (SSSR count). The molecule has 0 aliphatic rings. The highest BCUT2D eigenvalue weighted by Gasteiger charge is 2.07. The average Bonchev–Trinajstić information content (AvgIpc) is 2.35. The second kappa shape index (κ2) is 13.0. The van der Waals surface area contributed by atoms with E-state index in [-0.39, 0.29) is 0 Å². The van der Waals surface area contributed by atoms with Crippen molar-refractivity contribution in [1.82, 2.24) is 4.90 Å². The van der Waals surface area contributed by atoms with Gasteiger partial charge in [0.05, 0.1) is 0 Å². The molecule has 0 aromatic heterocycles. The number of rotatable bonds is 13. The van der Waals surface area contributed by atoms with Crippen LogP contribution in [0.25, 0.3) is 0 Å². The van der Waals surface area contributed by atoms with E-state index in [0.29, 0.717) is 0 Å². The first-order chi connectivity index (χ1) is 9.06. The van der Waals surface area contributed by atoms with Crippen LogP contribution in [-0.4, -0.2) is 24.5 Å². The van der Waals surface area contributed by atoms with E-state index in [9.17, 15) is 0 Å². The zero-order valence-corrected chi connectivity index (χ0v) is 14.4. The lowest BCUT2D eigenvalue weighted by Gasteiger charge is -2.24. The Morgan fingerprint density at radius 3 is 1.58 bits per heavy atom. The van der Waals surface area contributed by atoms with E-state index in [1.165, 1.54) is 71.0 Å². The van der Waals surface area contributed by atoms with E-state index >= 15 is 0 Å². The predicted molar refractivity (Wildman–Crippen MR) is 88.7 cm³/mol. The van der Waals surface area contributed by atoms with Crippen molar-refractivity contribution in [3.63, 3.8) is 0 Å². The summed E-state index contributed by atoms with van der Waals surface area (Å²) in [6.45, 7) is 15.6. The molecule has 0 aliphatic carbocycles. The van der Waals surface area contributed by atoms with Crippen molar-refractivity contribution < 1.29 is 0 Å². The Balaban J connectivity index is 3.71. The standard InChI is InChI=1S/C18H39N/c1-6-7-8-9-10-11-14-19(15-12-17(2)3)16-13-18(4)5/h17-18H,6-16H2,1-5H3. The van der Waals surface area contributed by atoms with Crippen LogP contribution in [-0.2, 0) is 0 Å². The number of hydrogen-bond acceptors (Lipinski definition) is 1. The zero-order valence-electron chi connectivity index (χ0n) is 14.4. The van der Waals surface area contributed by atoms with E-state index in [4.69, 9.17) is 0 Å². The third-order valence-electron chi connectivity index (χ3n) is 3.87.